The maximum atomic E-state index is 12.2. The summed E-state index contributed by atoms with van der Waals surface area (Å²) in [6.07, 6.45) is 0. The fourth-order valence-electron chi connectivity index (χ4n) is 2.52. The largest absolute Gasteiger partial charge is 0.454 e. The minimum atomic E-state index is -0.285. The highest BCUT2D eigenvalue weighted by Crippen LogP contribution is 2.32. The van der Waals surface area contributed by atoms with Gasteiger partial charge in [0, 0.05) is 11.1 Å². The molecule has 1 N–H and O–H groups in total. The van der Waals surface area contributed by atoms with E-state index in [1.807, 2.05) is 32.9 Å². The Hall–Kier alpha value is -2.82. The lowest BCUT2D eigenvalue weighted by Crippen LogP contribution is -2.19. The Morgan fingerprint density at radius 2 is 1.87 bits per heavy atom. The van der Waals surface area contributed by atoms with Crippen LogP contribution < -0.4 is 14.9 Å². The number of hydrazone groups is 1. The normalized spacial score (nSPS) is 13.1. The Kier molecular flexibility index (Phi) is 4.02. The molecular weight excluding hydrogens is 292 g/mol. The first-order valence-corrected chi connectivity index (χ1v) is 7.36. The summed E-state index contributed by atoms with van der Waals surface area (Å²) in [6.45, 7) is 6.13. The van der Waals surface area contributed by atoms with Crippen molar-refractivity contribution in [1.29, 1.82) is 0 Å². The Balaban J connectivity index is 1.75. The molecule has 1 amide bonds. The van der Waals surface area contributed by atoms with E-state index < -0.39 is 0 Å². The van der Waals surface area contributed by atoms with Gasteiger partial charge in [-0.05, 0) is 44.5 Å². The lowest BCUT2D eigenvalue weighted by molar-refractivity contribution is 0.0954. The fraction of sp³-hybridized carbons (Fsp3) is 0.222. The third-order valence-corrected chi connectivity index (χ3v) is 3.73. The minimum absolute atomic E-state index is 0.185. The monoisotopic (exact) mass is 310 g/mol. The summed E-state index contributed by atoms with van der Waals surface area (Å²) in [7, 11) is 0. The molecule has 0 aliphatic carbocycles. The van der Waals surface area contributed by atoms with E-state index in [2.05, 4.69) is 16.6 Å². The number of fused-ring (bicyclic) bond motifs is 1. The molecule has 1 aliphatic rings. The number of amides is 1. The van der Waals surface area contributed by atoms with Crippen molar-refractivity contribution in [3.63, 3.8) is 0 Å². The van der Waals surface area contributed by atoms with Crippen LogP contribution in [0.25, 0.3) is 0 Å². The van der Waals surface area contributed by atoms with Crippen LogP contribution in [0.5, 0.6) is 11.5 Å². The van der Waals surface area contributed by atoms with Crippen molar-refractivity contribution in [1.82, 2.24) is 5.43 Å². The van der Waals surface area contributed by atoms with E-state index in [0.29, 0.717) is 17.1 Å². The smallest absolute Gasteiger partial charge is 0.271 e. The van der Waals surface area contributed by atoms with E-state index in [1.165, 1.54) is 5.56 Å². The van der Waals surface area contributed by atoms with Gasteiger partial charge in [-0.25, -0.2) is 5.43 Å². The number of carbonyl (C=O) groups excluding carboxylic acids is 1. The molecule has 0 spiro atoms. The maximum absolute atomic E-state index is 12.2. The topological polar surface area (TPSA) is 59.9 Å². The van der Waals surface area contributed by atoms with Crippen LogP contribution in [-0.2, 0) is 0 Å². The van der Waals surface area contributed by atoms with Gasteiger partial charge in [0.2, 0.25) is 6.79 Å². The number of hydrogen-bond acceptors (Lipinski definition) is 4. The van der Waals surface area contributed by atoms with Crippen LogP contribution in [0, 0.1) is 13.8 Å². The Bertz CT molecular complexity index is 797. The SMILES string of the molecule is C/C(=N\NC(=O)c1ccc2c(c1)OCO2)c1ccc(C)cc1C. The fourth-order valence-corrected chi connectivity index (χ4v) is 2.52. The molecular formula is C18H18N2O3. The van der Waals surface area contributed by atoms with Crippen LogP contribution >= 0.6 is 0 Å². The van der Waals surface area contributed by atoms with E-state index in [9.17, 15) is 4.79 Å². The van der Waals surface area contributed by atoms with Gasteiger partial charge >= 0.3 is 0 Å². The van der Waals surface area contributed by atoms with E-state index >= 15 is 0 Å². The van der Waals surface area contributed by atoms with Crippen LogP contribution in [0.15, 0.2) is 41.5 Å². The molecule has 1 aliphatic heterocycles. The Labute approximate surface area is 134 Å². The van der Waals surface area contributed by atoms with Gasteiger partial charge in [0.05, 0.1) is 5.71 Å². The zero-order valence-electron chi connectivity index (χ0n) is 13.3. The third-order valence-electron chi connectivity index (χ3n) is 3.73. The summed E-state index contributed by atoms with van der Waals surface area (Å²) in [5.41, 5.74) is 7.16. The number of hydrogen-bond donors (Lipinski definition) is 1. The van der Waals surface area contributed by atoms with Gasteiger partial charge < -0.3 is 9.47 Å². The van der Waals surface area contributed by atoms with Crippen molar-refractivity contribution in [2.75, 3.05) is 6.79 Å². The second kappa shape index (κ2) is 6.12. The Morgan fingerprint density at radius 3 is 2.65 bits per heavy atom. The van der Waals surface area contributed by atoms with E-state index in [-0.39, 0.29) is 12.7 Å². The molecule has 2 aromatic rings. The van der Waals surface area contributed by atoms with Crippen LogP contribution in [0.1, 0.15) is 34.0 Å². The van der Waals surface area contributed by atoms with Gasteiger partial charge in [-0.1, -0.05) is 23.8 Å². The first kappa shape index (κ1) is 15.1. The second-order valence-electron chi connectivity index (χ2n) is 5.52. The highest BCUT2D eigenvalue weighted by Gasteiger charge is 2.16. The Morgan fingerprint density at radius 1 is 1.09 bits per heavy atom. The summed E-state index contributed by atoms with van der Waals surface area (Å²) in [4.78, 5) is 12.2. The average Bonchev–Trinajstić information content (AvgIpc) is 2.99. The standard InChI is InChI=1S/C18H18N2O3/c1-11-4-6-15(12(2)8-11)13(3)19-20-18(21)14-5-7-16-17(9-14)23-10-22-16/h4-9H,10H2,1-3H3,(H,20,21)/b19-13+. The molecule has 0 fully saturated rings. The van der Waals surface area contributed by atoms with E-state index in [0.717, 1.165) is 16.8 Å². The predicted molar refractivity (Wildman–Crippen MR) is 88.2 cm³/mol. The lowest BCUT2D eigenvalue weighted by atomic mass is 10.0. The highest BCUT2D eigenvalue weighted by molar-refractivity contribution is 6.02. The second-order valence-corrected chi connectivity index (χ2v) is 5.52. The molecule has 3 rings (SSSR count). The predicted octanol–water partition coefficient (Wildman–Crippen LogP) is 3.19. The van der Waals surface area contributed by atoms with Gasteiger partial charge in [0.25, 0.3) is 5.91 Å². The number of aryl methyl sites for hydroxylation is 2. The summed E-state index contributed by atoms with van der Waals surface area (Å²) in [6, 6.07) is 11.2. The number of rotatable bonds is 3. The molecule has 23 heavy (non-hydrogen) atoms. The van der Waals surface area contributed by atoms with Crippen molar-refractivity contribution in [2.45, 2.75) is 20.8 Å². The molecule has 5 heteroatoms. The van der Waals surface area contributed by atoms with Gasteiger partial charge in [-0.2, -0.15) is 5.10 Å². The molecule has 0 atom stereocenters. The molecule has 0 aromatic heterocycles. The number of carbonyl (C=O) groups is 1. The summed E-state index contributed by atoms with van der Waals surface area (Å²) >= 11 is 0. The van der Waals surface area contributed by atoms with Crippen LogP contribution in [0.2, 0.25) is 0 Å². The first-order valence-electron chi connectivity index (χ1n) is 7.36. The third kappa shape index (κ3) is 3.18. The average molecular weight is 310 g/mol. The van der Waals surface area contributed by atoms with Crippen molar-refractivity contribution in [2.24, 2.45) is 5.10 Å². The molecule has 0 bridgehead atoms. The van der Waals surface area contributed by atoms with Gasteiger partial charge in [0.1, 0.15) is 0 Å². The number of ether oxygens (including phenoxy) is 2. The van der Waals surface area contributed by atoms with Gasteiger partial charge in [-0.15, -0.1) is 0 Å². The summed E-state index contributed by atoms with van der Waals surface area (Å²) in [5.74, 6) is 0.941. The summed E-state index contributed by atoms with van der Waals surface area (Å²) < 4.78 is 10.5. The zero-order valence-corrected chi connectivity index (χ0v) is 13.3. The zero-order chi connectivity index (χ0) is 16.4. The molecule has 0 unspecified atom stereocenters. The first-order chi connectivity index (χ1) is 11.0. The van der Waals surface area contributed by atoms with Gasteiger partial charge in [0.15, 0.2) is 11.5 Å². The molecule has 5 nitrogen and oxygen atoms in total. The number of benzene rings is 2. The molecule has 118 valence electrons. The number of nitrogens with one attached hydrogen (secondary N) is 1. The van der Waals surface area contributed by atoms with Gasteiger partial charge in [-0.3, -0.25) is 4.79 Å². The minimum Gasteiger partial charge on any atom is -0.454 e. The molecule has 0 saturated carbocycles. The van der Waals surface area contributed by atoms with Crippen LogP contribution in [0.4, 0.5) is 0 Å². The van der Waals surface area contributed by atoms with Crippen molar-refractivity contribution >= 4 is 11.6 Å². The molecule has 0 saturated heterocycles. The molecule has 0 radical (unpaired) electrons. The maximum Gasteiger partial charge on any atom is 0.271 e. The van der Waals surface area contributed by atoms with Crippen LogP contribution in [-0.4, -0.2) is 18.4 Å². The van der Waals surface area contributed by atoms with Crippen molar-refractivity contribution < 1.29 is 14.3 Å². The van der Waals surface area contributed by atoms with Crippen molar-refractivity contribution in [3.8, 4) is 11.5 Å². The van der Waals surface area contributed by atoms with Crippen molar-refractivity contribution in [3.05, 3.63) is 58.7 Å². The van der Waals surface area contributed by atoms with E-state index in [4.69, 9.17) is 9.47 Å². The number of nitrogens with zero attached hydrogens (tertiary/aromatic N) is 1. The molecule has 1 heterocycles. The lowest BCUT2D eigenvalue weighted by Gasteiger charge is -2.07. The summed E-state index contributed by atoms with van der Waals surface area (Å²) in [5, 5.41) is 4.20. The molecule has 2 aromatic carbocycles. The highest BCUT2D eigenvalue weighted by atomic mass is 16.7. The van der Waals surface area contributed by atoms with Crippen LogP contribution in [0.3, 0.4) is 0 Å². The van der Waals surface area contributed by atoms with E-state index in [1.54, 1.807) is 18.2 Å². The quantitative estimate of drug-likeness (QED) is 0.699.